The molecular formula is C13H20N2O2. The molecule has 0 saturated heterocycles. The Morgan fingerprint density at radius 2 is 2.24 bits per heavy atom. The standard InChI is InChI=1S/C13H20N2O2/c1-4-15-8-11-7-9(2)5-6-12(11)17-10(3)13(14)16/h5-7,10,15H,4,8H2,1-3H3,(H2,14,16). The maximum absolute atomic E-state index is 11.0. The monoisotopic (exact) mass is 236 g/mol. The number of carbonyl (C=O) groups is 1. The van der Waals surface area contributed by atoms with E-state index in [2.05, 4.69) is 5.32 Å². The average Bonchev–Trinajstić information content (AvgIpc) is 2.29. The van der Waals surface area contributed by atoms with E-state index in [1.807, 2.05) is 32.0 Å². The van der Waals surface area contributed by atoms with Gasteiger partial charge >= 0.3 is 0 Å². The lowest BCUT2D eigenvalue weighted by Gasteiger charge is -2.15. The van der Waals surface area contributed by atoms with Crippen LogP contribution in [0, 0.1) is 6.92 Å². The van der Waals surface area contributed by atoms with Crippen LogP contribution in [0.4, 0.5) is 0 Å². The maximum atomic E-state index is 11.0. The van der Waals surface area contributed by atoms with Crippen molar-refractivity contribution in [2.45, 2.75) is 33.4 Å². The third-order valence-corrected chi connectivity index (χ3v) is 2.49. The van der Waals surface area contributed by atoms with E-state index in [-0.39, 0.29) is 0 Å². The SMILES string of the molecule is CCNCc1cc(C)ccc1OC(C)C(N)=O. The minimum absolute atomic E-state index is 0.458. The second kappa shape index (κ2) is 6.25. The van der Waals surface area contributed by atoms with Gasteiger partial charge in [0, 0.05) is 12.1 Å². The van der Waals surface area contributed by atoms with Crippen LogP contribution in [0.15, 0.2) is 18.2 Å². The summed E-state index contributed by atoms with van der Waals surface area (Å²) in [5, 5.41) is 3.24. The summed E-state index contributed by atoms with van der Waals surface area (Å²) < 4.78 is 5.54. The van der Waals surface area contributed by atoms with Crippen molar-refractivity contribution in [3.05, 3.63) is 29.3 Å². The molecule has 0 aliphatic rings. The van der Waals surface area contributed by atoms with Gasteiger partial charge in [-0.05, 0) is 26.5 Å². The molecule has 0 bridgehead atoms. The third kappa shape index (κ3) is 4.07. The van der Waals surface area contributed by atoms with E-state index in [0.717, 1.165) is 24.2 Å². The number of ether oxygens (including phenoxy) is 1. The van der Waals surface area contributed by atoms with Gasteiger partial charge in [-0.3, -0.25) is 4.79 Å². The zero-order valence-electron chi connectivity index (χ0n) is 10.6. The molecule has 0 saturated carbocycles. The Kier molecular flexibility index (Phi) is 4.97. The van der Waals surface area contributed by atoms with Gasteiger partial charge in [-0.25, -0.2) is 0 Å². The number of nitrogens with one attached hydrogen (secondary N) is 1. The molecule has 0 spiro atoms. The highest BCUT2D eigenvalue weighted by Gasteiger charge is 2.12. The van der Waals surface area contributed by atoms with Gasteiger partial charge in [0.25, 0.3) is 5.91 Å². The third-order valence-electron chi connectivity index (χ3n) is 2.49. The van der Waals surface area contributed by atoms with E-state index in [0.29, 0.717) is 5.75 Å². The van der Waals surface area contributed by atoms with Crippen molar-refractivity contribution < 1.29 is 9.53 Å². The Labute approximate surface area is 102 Å². The summed E-state index contributed by atoms with van der Waals surface area (Å²) in [5.41, 5.74) is 7.39. The van der Waals surface area contributed by atoms with Gasteiger partial charge in [-0.15, -0.1) is 0 Å². The molecule has 0 radical (unpaired) electrons. The van der Waals surface area contributed by atoms with Crippen molar-refractivity contribution >= 4 is 5.91 Å². The molecule has 1 atom stereocenters. The normalized spacial score (nSPS) is 12.2. The predicted molar refractivity (Wildman–Crippen MR) is 67.8 cm³/mol. The number of hydrogen-bond donors (Lipinski definition) is 2. The van der Waals surface area contributed by atoms with Crippen LogP contribution < -0.4 is 15.8 Å². The second-order valence-electron chi connectivity index (χ2n) is 4.05. The van der Waals surface area contributed by atoms with Crippen LogP contribution in [-0.4, -0.2) is 18.6 Å². The first kappa shape index (κ1) is 13.5. The smallest absolute Gasteiger partial charge is 0.258 e. The summed E-state index contributed by atoms with van der Waals surface area (Å²) in [6.45, 7) is 7.33. The highest BCUT2D eigenvalue weighted by molar-refractivity contribution is 5.78. The van der Waals surface area contributed by atoms with Gasteiger partial charge in [0.05, 0.1) is 0 Å². The lowest BCUT2D eigenvalue weighted by atomic mass is 10.1. The number of amides is 1. The fourth-order valence-corrected chi connectivity index (χ4v) is 1.47. The summed E-state index contributed by atoms with van der Waals surface area (Å²) in [6, 6.07) is 5.88. The summed E-state index contributed by atoms with van der Waals surface area (Å²) >= 11 is 0. The maximum Gasteiger partial charge on any atom is 0.258 e. The van der Waals surface area contributed by atoms with E-state index in [1.165, 1.54) is 0 Å². The summed E-state index contributed by atoms with van der Waals surface area (Å²) in [4.78, 5) is 11.0. The van der Waals surface area contributed by atoms with Crippen molar-refractivity contribution in [3.63, 3.8) is 0 Å². The Bertz CT molecular complexity index is 391. The molecule has 1 rings (SSSR count). The topological polar surface area (TPSA) is 64.3 Å². The van der Waals surface area contributed by atoms with E-state index < -0.39 is 12.0 Å². The first-order valence-corrected chi connectivity index (χ1v) is 5.80. The minimum atomic E-state index is -0.613. The van der Waals surface area contributed by atoms with Gasteiger partial charge in [0.2, 0.25) is 0 Å². The van der Waals surface area contributed by atoms with Crippen molar-refractivity contribution in [1.29, 1.82) is 0 Å². The highest BCUT2D eigenvalue weighted by atomic mass is 16.5. The van der Waals surface area contributed by atoms with E-state index >= 15 is 0 Å². The largest absolute Gasteiger partial charge is 0.481 e. The lowest BCUT2D eigenvalue weighted by molar-refractivity contribution is -0.124. The van der Waals surface area contributed by atoms with Crippen LogP contribution in [0.5, 0.6) is 5.75 Å². The Morgan fingerprint density at radius 1 is 1.53 bits per heavy atom. The first-order chi connectivity index (χ1) is 8.04. The lowest BCUT2D eigenvalue weighted by Crippen LogP contribution is -2.31. The first-order valence-electron chi connectivity index (χ1n) is 5.80. The molecule has 1 unspecified atom stereocenters. The fraction of sp³-hybridized carbons (Fsp3) is 0.462. The van der Waals surface area contributed by atoms with Gasteiger partial charge in [0.15, 0.2) is 6.10 Å². The van der Waals surface area contributed by atoms with Crippen LogP contribution >= 0.6 is 0 Å². The highest BCUT2D eigenvalue weighted by Crippen LogP contribution is 2.21. The van der Waals surface area contributed by atoms with Gasteiger partial charge < -0.3 is 15.8 Å². The van der Waals surface area contributed by atoms with E-state index in [1.54, 1.807) is 6.92 Å². The number of hydrogen-bond acceptors (Lipinski definition) is 3. The van der Waals surface area contributed by atoms with Crippen molar-refractivity contribution in [1.82, 2.24) is 5.32 Å². The predicted octanol–water partition coefficient (Wildman–Crippen LogP) is 1.36. The van der Waals surface area contributed by atoms with Gasteiger partial charge in [0.1, 0.15) is 5.75 Å². The Hall–Kier alpha value is -1.55. The molecule has 4 nitrogen and oxygen atoms in total. The summed E-state index contributed by atoms with van der Waals surface area (Å²) in [7, 11) is 0. The number of nitrogens with two attached hydrogens (primary N) is 1. The van der Waals surface area contributed by atoms with Crippen LogP contribution in [0.2, 0.25) is 0 Å². The molecule has 17 heavy (non-hydrogen) atoms. The second-order valence-corrected chi connectivity index (χ2v) is 4.05. The van der Waals surface area contributed by atoms with Crippen LogP contribution in [0.25, 0.3) is 0 Å². The molecule has 0 aromatic heterocycles. The molecule has 1 amide bonds. The minimum Gasteiger partial charge on any atom is -0.481 e. The zero-order chi connectivity index (χ0) is 12.8. The van der Waals surface area contributed by atoms with Crippen LogP contribution in [-0.2, 0) is 11.3 Å². The molecular weight excluding hydrogens is 216 g/mol. The number of rotatable bonds is 6. The van der Waals surface area contributed by atoms with E-state index in [4.69, 9.17) is 10.5 Å². The van der Waals surface area contributed by atoms with Crippen LogP contribution in [0.1, 0.15) is 25.0 Å². The molecule has 0 aliphatic carbocycles. The molecule has 94 valence electrons. The zero-order valence-corrected chi connectivity index (χ0v) is 10.6. The van der Waals surface area contributed by atoms with Crippen molar-refractivity contribution in [2.75, 3.05) is 6.54 Å². The van der Waals surface area contributed by atoms with E-state index in [9.17, 15) is 4.79 Å². The number of aryl methyl sites for hydroxylation is 1. The summed E-state index contributed by atoms with van der Waals surface area (Å²) in [6.07, 6.45) is -0.613. The average molecular weight is 236 g/mol. The molecule has 1 aromatic rings. The molecule has 1 aromatic carbocycles. The Morgan fingerprint density at radius 3 is 2.82 bits per heavy atom. The van der Waals surface area contributed by atoms with Crippen molar-refractivity contribution in [3.8, 4) is 5.75 Å². The number of primary amides is 1. The molecule has 0 aliphatic heterocycles. The molecule has 4 heteroatoms. The number of benzene rings is 1. The Balaban J connectivity index is 2.85. The molecule has 0 fully saturated rings. The summed E-state index contributed by atoms with van der Waals surface area (Å²) in [5.74, 6) is 0.253. The quantitative estimate of drug-likeness (QED) is 0.783. The molecule has 3 N–H and O–H groups in total. The van der Waals surface area contributed by atoms with Gasteiger partial charge in [-0.2, -0.15) is 0 Å². The fourth-order valence-electron chi connectivity index (χ4n) is 1.47. The van der Waals surface area contributed by atoms with Crippen LogP contribution in [0.3, 0.4) is 0 Å². The number of carbonyl (C=O) groups excluding carboxylic acids is 1. The van der Waals surface area contributed by atoms with Gasteiger partial charge in [-0.1, -0.05) is 24.6 Å². The molecule has 0 heterocycles. The van der Waals surface area contributed by atoms with Crippen molar-refractivity contribution in [2.24, 2.45) is 5.73 Å².